The van der Waals surface area contributed by atoms with Crippen molar-refractivity contribution < 1.29 is 4.79 Å². The Morgan fingerprint density at radius 2 is 2.50 bits per heavy atom. The molecule has 1 heterocycles. The molecule has 0 aromatic rings. The predicted molar refractivity (Wildman–Crippen MR) is 42.3 cm³/mol. The zero-order chi connectivity index (χ0) is 7.56. The molecule has 10 heavy (non-hydrogen) atoms. The second kappa shape index (κ2) is 2.96. The molecule has 0 unspecified atom stereocenters. The molecule has 0 aliphatic carbocycles. The molecule has 0 aromatic heterocycles. The SMILES string of the molecule is C=C1NC(=O)SN1CCC. The molecule has 56 valence electrons. The van der Waals surface area contributed by atoms with Crippen molar-refractivity contribution in [2.24, 2.45) is 0 Å². The molecular weight excluding hydrogens is 148 g/mol. The van der Waals surface area contributed by atoms with Gasteiger partial charge >= 0.3 is 5.24 Å². The van der Waals surface area contributed by atoms with Crippen LogP contribution in [-0.4, -0.2) is 16.1 Å². The van der Waals surface area contributed by atoms with Crippen LogP contribution in [-0.2, 0) is 0 Å². The van der Waals surface area contributed by atoms with Gasteiger partial charge in [0.1, 0.15) is 5.82 Å². The van der Waals surface area contributed by atoms with E-state index in [9.17, 15) is 4.79 Å². The topological polar surface area (TPSA) is 32.3 Å². The molecule has 0 bridgehead atoms. The van der Waals surface area contributed by atoms with Gasteiger partial charge in [0.05, 0.1) is 11.9 Å². The largest absolute Gasteiger partial charge is 0.305 e. The van der Waals surface area contributed by atoms with Crippen LogP contribution in [0.3, 0.4) is 0 Å². The zero-order valence-electron chi connectivity index (χ0n) is 5.89. The van der Waals surface area contributed by atoms with Gasteiger partial charge in [-0.3, -0.25) is 9.10 Å². The maximum atomic E-state index is 10.7. The normalized spacial score (nSPS) is 17.9. The summed E-state index contributed by atoms with van der Waals surface area (Å²) in [6, 6.07) is 0. The summed E-state index contributed by atoms with van der Waals surface area (Å²) in [6.45, 7) is 6.62. The first-order valence-electron chi connectivity index (χ1n) is 3.19. The lowest BCUT2D eigenvalue weighted by molar-refractivity contribution is 0.263. The van der Waals surface area contributed by atoms with Crippen LogP contribution in [0, 0.1) is 0 Å². The third-order valence-electron chi connectivity index (χ3n) is 1.17. The minimum Gasteiger partial charge on any atom is -0.301 e. The monoisotopic (exact) mass is 158 g/mol. The second-order valence-electron chi connectivity index (χ2n) is 2.05. The smallest absolute Gasteiger partial charge is 0.301 e. The van der Waals surface area contributed by atoms with E-state index in [4.69, 9.17) is 0 Å². The van der Waals surface area contributed by atoms with Crippen LogP contribution in [0.4, 0.5) is 4.79 Å². The molecule has 1 amide bonds. The molecule has 1 N–H and O–H groups in total. The van der Waals surface area contributed by atoms with Gasteiger partial charge in [-0.25, -0.2) is 0 Å². The number of hydrogen-bond acceptors (Lipinski definition) is 3. The number of nitrogens with zero attached hydrogens (tertiary/aromatic N) is 1. The molecule has 0 spiro atoms. The maximum Gasteiger partial charge on any atom is 0.305 e. The Morgan fingerprint density at radius 3 is 2.90 bits per heavy atom. The Bertz CT molecular complexity index is 169. The van der Waals surface area contributed by atoms with Crippen molar-refractivity contribution in [3.05, 3.63) is 12.4 Å². The summed E-state index contributed by atoms with van der Waals surface area (Å²) in [4.78, 5) is 10.7. The van der Waals surface area contributed by atoms with Crippen LogP contribution >= 0.6 is 11.9 Å². The molecule has 1 rings (SSSR count). The van der Waals surface area contributed by atoms with E-state index in [1.54, 1.807) is 0 Å². The van der Waals surface area contributed by atoms with Crippen molar-refractivity contribution in [1.29, 1.82) is 0 Å². The van der Waals surface area contributed by atoms with E-state index in [-0.39, 0.29) is 5.24 Å². The van der Waals surface area contributed by atoms with Crippen LogP contribution < -0.4 is 5.32 Å². The Balaban J connectivity index is 2.46. The quantitative estimate of drug-likeness (QED) is 0.619. The average molecular weight is 158 g/mol. The van der Waals surface area contributed by atoms with Crippen LogP contribution in [0.25, 0.3) is 0 Å². The predicted octanol–water partition coefficient (Wildman–Crippen LogP) is 1.54. The van der Waals surface area contributed by atoms with Gasteiger partial charge in [0, 0.05) is 6.54 Å². The molecule has 1 fully saturated rings. The van der Waals surface area contributed by atoms with Crippen LogP contribution in [0.15, 0.2) is 12.4 Å². The van der Waals surface area contributed by atoms with Crippen molar-refractivity contribution in [3.8, 4) is 0 Å². The van der Waals surface area contributed by atoms with E-state index in [0.717, 1.165) is 13.0 Å². The Kier molecular flexibility index (Phi) is 2.21. The standard InChI is InChI=1S/C6H10N2OS/c1-3-4-8-5(2)7-6(9)10-8/h2-4H2,1H3,(H,7,9). The highest BCUT2D eigenvalue weighted by Crippen LogP contribution is 2.22. The van der Waals surface area contributed by atoms with Crippen molar-refractivity contribution in [2.75, 3.05) is 6.54 Å². The lowest BCUT2D eigenvalue weighted by atomic mass is 10.5. The van der Waals surface area contributed by atoms with E-state index in [2.05, 4.69) is 18.8 Å². The molecule has 0 saturated carbocycles. The minimum absolute atomic E-state index is 0.0292. The molecule has 1 aliphatic heterocycles. The summed E-state index contributed by atoms with van der Waals surface area (Å²) in [5.74, 6) is 0.705. The third-order valence-corrected chi connectivity index (χ3v) is 2.06. The van der Waals surface area contributed by atoms with Crippen molar-refractivity contribution >= 4 is 17.2 Å². The van der Waals surface area contributed by atoms with Crippen LogP contribution in [0.2, 0.25) is 0 Å². The summed E-state index contributed by atoms with van der Waals surface area (Å²) >= 11 is 1.18. The number of nitrogens with one attached hydrogen (secondary N) is 1. The first kappa shape index (κ1) is 7.47. The minimum atomic E-state index is -0.0292. The molecule has 3 nitrogen and oxygen atoms in total. The number of amides is 1. The first-order valence-corrected chi connectivity index (χ1v) is 3.96. The Labute approximate surface area is 64.6 Å². The average Bonchev–Trinajstić information content (AvgIpc) is 2.13. The van der Waals surface area contributed by atoms with E-state index < -0.39 is 0 Å². The molecule has 1 aliphatic rings. The van der Waals surface area contributed by atoms with E-state index >= 15 is 0 Å². The van der Waals surface area contributed by atoms with Gasteiger partial charge in [-0.2, -0.15) is 0 Å². The highest BCUT2D eigenvalue weighted by Gasteiger charge is 2.21. The Hall–Kier alpha value is -0.640. The van der Waals surface area contributed by atoms with E-state index in [1.165, 1.54) is 11.9 Å². The highest BCUT2D eigenvalue weighted by molar-refractivity contribution is 8.12. The summed E-state index contributed by atoms with van der Waals surface area (Å²) in [5, 5.41) is 2.58. The van der Waals surface area contributed by atoms with Crippen molar-refractivity contribution in [2.45, 2.75) is 13.3 Å². The van der Waals surface area contributed by atoms with Gasteiger partial charge in [0.15, 0.2) is 0 Å². The van der Waals surface area contributed by atoms with Crippen LogP contribution in [0.5, 0.6) is 0 Å². The van der Waals surface area contributed by atoms with E-state index in [0.29, 0.717) is 5.82 Å². The maximum absolute atomic E-state index is 10.7. The fraction of sp³-hybridized carbons (Fsp3) is 0.500. The van der Waals surface area contributed by atoms with Gasteiger partial charge < -0.3 is 5.32 Å². The summed E-state index contributed by atoms with van der Waals surface area (Å²) in [7, 11) is 0. The number of hydrogen-bond donors (Lipinski definition) is 1. The first-order chi connectivity index (χ1) is 4.74. The molecule has 0 radical (unpaired) electrons. The van der Waals surface area contributed by atoms with Gasteiger partial charge in [-0.05, 0) is 6.42 Å². The third kappa shape index (κ3) is 1.44. The summed E-state index contributed by atoms with van der Waals surface area (Å²) in [5.41, 5.74) is 0. The number of carbonyl (C=O) groups is 1. The number of rotatable bonds is 2. The molecule has 0 aromatic carbocycles. The lowest BCUT2D eigenvalue weighted by Gasteiger charge is -2.12. The van der Waals surface area contributed by atoms with Crippen molar-refractivity contribution in [1.82, 2.24) is 9.62 Å². The molecule has 0 atom stereocenters. The second-order valence-corrected chi connectivity index (χ2v) is 3.05. The zero-order valence-corrected chi connectivity index (χ0v) is 6.70. The number of carbonyl (C=O) groups excluding carboxylic acids is 1. The van der Waals surface area contributed by atoms with E-state index in [1.807, 2.05) is 4.31 Å². The van der Waals surface area contributed by atoms with Gasteiger partial charge in [-0.15, -0.1) is 0 Å². The van der Waals surface area contributed by atoms with Gasteiger partial charge in [-0.1, -0.05) is 13.5 Å². The molecule has 1 saturated heterocycles. The molecular formula is C6H10N2OS. The summed E-state index contributed by atoms with van der Waals surface area (Å²) < 4.78 is 1.86. The van der Waals surface area contributed by atoms with Crippen LogP contribution in [0.1, 0.15) is 13.3 Å². The lowest BCUT2D eigenvalue weighted by Crippen LogP contribution is -2.15. The van der Waals surface area contributed by atoms with Gasteiger partial charge in [0.2, 0.25) is 0 Å². The Morgan fingerprint density at radius 1 is 1.80 bits per heavy atom. The van der Waals surface area contributed by atoms with Gasteiger partial charge in [0.25, 0.3) is 0 Å². The molecule has 4 heteroatoms. The fourth-order valence-corrected chi connectivity index (χ4v) is 1.54. The fourth-order valence-electron chi connectivity index (χ4n) is 0.742. The summed E-state index contributed by atoms with van der Waals surface area (Å²) in [6.07, 6.45) is 1.03. The highest BCUT2D eigenvalue weighted by atomic mass is 32.2. The van der Waals surface area contributed by atoms with Crippen molar-refractivity contribution in [3.63, 3.8) is 0 Å².